The molecular formula is C42H40N2O2. The first-order chi connectivity index (χ1) is 22.5. The van der Waals surface area contributed by atoms with E-state index in [0.29, 0.717) is 11.1 Å². The molecule has 0 aliphatic rings. The fourth-order valence-electron chi connectivity index (χ4n) is 6.63. The summed E-state index contributed by atoms with van der Waals surface area (Å²) in [5.74, 6) is -0.388. The van der Waals surface area contributed by atoms with E-state index < -0.39 is 0 Å². The Kier molecular flexibility index (Phi) is 8.98. The van der Waals surface area contributed by atoms with E-state index in [4.69, 9.17) is 0 Å². The minimum atomic E-state index is -0.194. The summed E-state index contributed by atoms with van der Waals surface area (Å²) in [5, 5.41) is 10.4. The normalized spacial score (nSPS) is 11.1. The van der Waals surface area contributed by atoms with Gasteiger partial charge in [0.2, 0.25) is 0 Å². The topological polar surface area (TPSA) is 58.2 Å². The van der Waals surface area contributed by atoms with Crippen molar-refractivity contribution < 1.29 is 9.59 Å². The average molecular weight is 605 g/mol. The summed E-state index contributed by atoms with van der Waals surface area (Å²) in [6.45, 7) is 8.42. The number of hydrogen-bond donors (Lipinski definition) is 2. The van der Waals surface area contributed by atoms with Gasteiger partial charge in [-0.3, -0.25) is 9.59 Å². The lowest BCUT2D eigenvalue weighted by atomic mass is 9.86. The Hall–Kier alpha value is -5.22. The number of benzene rings is 6. The number of amides is 2. The number of carbonyl (C=O) groups is 2. The second kappa shape index (κ2) is 13.4. The molecule has 230 valence electrons. The fourth-order valence-corrected chi connectivity index (χ4v) is 6.63. The molecule has 0 atom stereocenters. The number of nitrogens with one attached hydrogen (secondary N) is 2. The number of fused-ring (bicyclic) bond motifs is 2. The second-order valence-corrected chi connectivity index (χ2v) is 11.6. The molecule has 0 aromatic heterocycles. The second-order valence-electron chi connectivity index (χ2n) is 11.6. The van der Waals surface area contributed by atoms with E-state index >= 15 is 0 Å². The molecule has 6 aromatic rings. The fraction of sp³-hybridized carbons (Fsp3) is 0.190. The molecule has 0 heterocycles. The summed E-state index contributed by atoms with van der Waals surface area (Å²) in [7, 11) is 0. The SMILES string of the molecule is CCc1cccc(CC)c1NC(=O)c1ccc2ccccc2c1-c1c(C(=O)Nc2c(CC)cccc2CC)ccc2ccccc12. The molecule has 2 N–H and O–H groups in total. The van der Waals surface area contributed by atoms with Gasteiger partial charge in [0.1, 0.15) is 0 Å². The van der Waals surface area contributed by atoms with Crippen molar-refractivity contribution in [3.63, 3.8) is 0 Å². The van der Waals surface area contributed by atoms with Gasteiger partial charge in [0.05, 0.1) is 0 Å². The van der Waals surface area contributed by atoms with Crippen LogP contribution in [0.5, 0.6) is 0 Å². The van der Waals surface area contributed by atoms with Crippen LogP contribution in [0.2, 0.25) is 0 Å². The zero-order chi connectivity index (χ0) is 32.2. The molecule has 0 unspecified atom stereocenters. The van der Waals surface area contributed by atoms with Gasteiger partial charge in [0.15, 0.2) is 0 Å². The largest absolute Gasteiger partial charge is 0.321 e. The van der Waals surface area contributed by atoms with Crippen LogP contribution in [0, 0.1) is 0 Å². The quantitative estimate of drug-likeness (QED) is 0.172. The molecule has 6 aromatic carbocycles. The van der Waals surface area contributed by atoms with Gasteiger partial charge in [-0.15, -0.1) is 0 Å². The molecule has 0 saturated carbocycles. The standard InChI is InChI=1S/C42H40N2O2/c1-5-27-17-13-18-28(6-2)39(27)43-41(45)35-25-23-31-15-9-11-21-33(31)37(35)38-34-22-12-10-16-32(34)24-26-36(38)42(46)44-40-29(7-3)19-14-20-30(40)8-4/h9-26H,5-8H2,1-4H3,(H,43,45)(H,44,46). The van der Waals surface area contributed by atoms with Crippen molar-refractivity contribution in [2.75, 3.05) is 10.6 Å². The van der Waals surface area contributed by atoms with E-state index in [2.05, 4.69) is 86.9 Å². The van der Waals surface area contributed by atoms with E-state index in [1.54, 1.807) is 0 Å². The molecule has 0 aliphatic carbocycles. The lowest BCUT2D eigenvalue weighted by Crippen LogP contribution is -2.18. The van der Waals surface area contributed by atoms with E-state index in [9.17, 15) is 9.59 Å². The van der Waals surface area contributed by atoms with Crippen molar-refractivity contribution in [2.24, 2.45) is 0 Å². The van der Waals surface area contributed by atoms with E-state index in [-0.39, 0.29) is 11.8 Å². The van der Waals surface area contributed by atoms with Crippen LogP contribution in [0.15, 0.2) is 109 Å². The van der Waals surface area contributed by atoms with Gasteiger partial charge >= 0.3 is 0 Å². The van der Waals surface area contributed by atoms with E-state index in [1.807, 2.05) is 60.7 Å². The van der Waals surface area contributed by atoms with E-state index in [0.717, 1.165) is 92.0 Å². The van der Waals surface area contributed by atoms with Gasteiger partial charge in [-0.05, 0) is 81.6 Å². The summed E-state index contributed by atoms with van der Waals surface area (Å²) in [6, 6.07) is 36.4. The van der Waals surface area contributed by atoms with Crippen molar-refractivity contribution in [3.8, 4) is 11.1 Å². The third-order valence-electron chi connectivity index (χ3n) is 9.07. The smallest absolute Gasteiger partial charge is 0.256 e. The lowest BCUT2D eigenvalue weighted by molar-refractivity contribution is 0.101. The highest BCUT2D eigenvalue weighted by molar-refractivity contribution is 6.22. The third kappa shape index (κ3) is 5.67. The number of carbonyl (C=O) groups excluding carboxylic acids is 2. The van der Waals surface area contributed by atoms with Gasteiger partial charge in [-0.2, -0.15) is 0 Å². The number of rotatable bonds is 9. The molecule has 4 nitrogen and oxygen atoms in total. The molecule has 0 aliphatic heterocycles. The van der Waals surface area contributed by atoms with Gasteiger partial charge in [0, 0.05) is 33.6 Å². The Morgan fingerprint density at radius 2 is 0.783 bits per heavy atom. The number of para-hydroxylation sites is 2. The summed E-state index contributed by atoms with van der Waals surface area (Å²) in [6.07, 6.45) is 3.22. The van der Waals surface area contributed by atoms with Crippen molar-refractivity contribution in [2.45, 2.75) is 53.4 Å². The van der Waals surface area contributed by atoms with Gasteiger partial charge in [0.25, 0.3) is 11.8 Å². The molecule has 46 heavy (non-hydrogen) atoms. The lowest BCUT2D eigenvalue weighted by Gasteiger charge is -2.21. The van der Waals surface area contributed by atoms with Crippen LogP contribution in [0.4, 0.5) is 11.4 Å². The highest BCUT2D eigenvalue weighted by Crippen LogP contribution is 2.40. The molecular weight excluding hydrogens is 564 g/mol. The first kappa shape index (κ1) is 30.8. The van der Waals surface area contributed by atoms with Gasteiger partial charge < -0.3 is 10.6 Å². The summed E-state index contributed by atoms with van der Waals surface area (Å²) in [5.41, 5.74) is 8.70. The highest BCUT2D eigenvalue weighted by atomic mass is 16.2. The maximum atomic E-state index is 14.5. The molecule has 2 amide bonds. The number of aryl methyl sites for hydroxylation is 4. The van der Waals surface area contributed by atoms with Crippen LogP contribution in [-0.2, 0) is 25.7 Å². The van der Waals surface area contributed by atoms with Crippen LogP contribution >= 0.6 is 0 Å². The summed E-state index contributed by atoms with van der Waals surface area (Å²) < 4.78 is 0. The molecule has 0 radical (unpaired) electrons. The Bertz CT molecular complexity index is 1900. The maximum absolute atomic E-state index is 14.5. The van der Waals surface area contributed by atoms with Crippen LogP contribution in [0.25, 0.3) is 32.7 Å². The van der Waals surface area contributed by atoms with Crippen molar-refractivity contribution in [1.82, 2.24) is 0 Å². The maximum Gasteiger partial charge on any atom is 0.256 e. The summed E-state index contributed by atoms with van der Waals surface area (Å²) >= 11 is 0. The van der Waals surface area contributed by atoms with Crippen molar-refractivity contribution >= 4 is 44.7 Å². The molecule has 4 heteroatoms. The predicted molar refractivity (Wildman–Crippen MR) is 193 cm³/mol. The zero-order valence-electron chi connectivity index (χ0n) is 27.0. The van der Waals surface area contributed by atoms with Gasteiger partial charge in [-0.1, -0.05) is 125 Å². The Morgan fingerprint density at radius 1 is 0.435 bits per heavy atom. The first-order valence-corrected chi connectivity index (χ1v) is 16.4. The summed E-state index contributed by atoms with van der Waals surface area (Å²) in [4.78, 5) is 28.9. The Labute approximate surface area is 271 Å². The van der Waals surface area contributed by atoms with Crippen LogP contribution < -0.4 is 10.6 Å². The zero-order valence-corrected chi connectivity index (χ0v) is 27.0. The molecule has 0 spiro atoms. The predicted octanol–water partition coefficient (Wildman–Crippen LogP) is 10.4. The van der Waals surface area contributed by atoms with Crippen molar-refractivity contribution in [3.05, 3.63) is 143 Å². The molecule has 0 bridgehead atoms. The molecule has 0 saturated heterocycles. The Morgan fingerprint density at radius 3 is 1.13 bits per heavy atom. The first-order valence-electron chi connectivity index (χ1n) is 16.4. The van der Waals surface area contributed by atoms with E-state index in [1.165, 1.54) is 0 Å². The average Bonchev–Trinajstić information content (AvgIpc) is 3.10. The Balaban J connectivity index is 1.60. The van der Waals surface area contributed by atoms with Crippen LogP contribution in [-0.4, -0.2) is 11.8 Å². The molecule has 6 rings (SSSR count). The minimum absolute atomic E-state index is 0.194. The molecule has 0 fully saturated rings. The van der Waals surface area contributed by atoms with Crippen molar-refractivity contribution in [1.29, 1.82) is 0 Å². The monoisotopic (exact) mass is 604 g/mol. The minimum Gasteiger partial charge on any atom is -0.321 e. The van der Waals surface area contributed by atoms with Crippen LogP contribution in [0.1, 0.15) is 70.7 Å². The highest BCUT2D eigenvalue weighted by Gasteiger charge is 2.25. The number of anilines is 2. The van der Waals surface area contributed by atoms with Crippen LogP contribution in [0.3, 0.4) is 0 Å². The number of hydrogen-bond acceptors (Lipinski definition) is 2. The van der Waals surface area contributed by atoms with Gasteiger partial charge in [-0.25, -0.2) is 0 Å². The third-order valence-corrected chi connectivity index (χ3v) is 9.07.